The number of aliphatic hydroxyl groups excluding tert-OH is 1. The van der Waals surface area contributed by atoms with Crippen molar-refractivity contribution in [3.63, 3.8) is 0 Å². The van der Waals surface area contributed by atoms with Gasteiger partial charge in [0.2, 0.25) is 8.32 Å². The van der Waals surface area contributed by atoms with Crippen molar-refractivity contribution in [2.24, 2.45) is 0 Å². The van der Waals surface area contributed by atoms with E-state index in [-0.39, 0.29) is 12.7 Å². The van der Waals surface area contributed by atoms with Gasteiger partial charge in [-0.3, -0.25) is 0 Å². The number of hydrogen-bond acceptors (Lipinski definition) is 2. The Bertz CT molecular complexity index is 157. The van der Waals surface area contributed by atoms with Crippen LogP contribution in [0.3, 0.4) is 0 Å². The molecule has 0 aromatic heterocycles. The molecule has 1 N–H and O–H groups in total. The molecule has 0 amide bonds. The third-order valence-electron chi connectivity index (χ3n) is 3.37. The SMILES string of the molecule is CC(C)[Si](O[C@@H](C)CO)(C(C)C)C(C)C. The Balaban J connectivity index is 4.96. The third-order valence-corrected chi connectivity index (χ3v) is 9.59. The molecule has 0 rings (SSSR count). The van der Waals surface area contributed by atoms with Gasteiger partial charge >= 0.3 is 0 Å². The second-order valence-electron chi connectivity index (χ2n) is 5.43. The Labute approximate surface area is 96.2 Å². The van der Waals surface area contributed by atoms with Crippen LogP contribution in [0.15, 0.2) is 0 Å². The van der Waals surface area contributed by atoms with Gasteiger partial charge in [-0.2, -0.15) is 0 Å². The molecule has 0 bridgehead atoms. The molecule has 0 saturated heterocycles. The van der Waals surface area contributed by atoms with Gasteiger partial charge < -0.3 is 9.53 Å². The fourth-order valence-corrected chi connectivity index (χ4v) is 8.38. The van der Waals surface area contributed by atoms with Crippen molar-refractivity contribution >= 4 is 8.32 Å². The second-order valence-corrected chi connectivity index (χ2v) is 10.8. The highest BCUT2D eigenvalue weighted by Crippen LogP contribution is 2.42. The van der Waals surface area contributed by atoms with Crippen LogP contribution in [-0.4, -0.2) is 26.1 Å². The molecule has 0 aromatic rings. The molecule has 0 heterocycles. The fourth-order valence-electron chi connectivity index (χ4n) is 2.79. The zero-order valence-electron chi connectivity index (χ0n) is 11.4. The molecule has 3 heteroatoms. The average molecular weight is 232 g/mol. The van der Waals surface area contributed by atoms with Crippen molar-refractivity contribution in [2.75, 3.05) is 6.61 Å². The molecular weight excluding hydrogens is 204 g/mol. The molecule has 15 heavy (non-hydrogen) atoms. The van der Waals surface area contributed by atoms with Crippen molar-refractivity contribution in [1.82, 2.24) is 0 Å². The van der Waals surface area contributed by atoms with Crippen LogP contribution in [-0.2, 0) is 4.43 Å². The van der Waals surface area contributed by atoms with Gasteiger partial charge in [0.25, 0.3) is 0 Å². The van der Waals surface area contributed by atoms with Crippen molar-refractivity contribution in [1.29, 1.82) is 0 Å². The summed E-state index contributed by atoms with van der Waals surface area (Å²) in [5, 5.41) is 9.14. The lowest BCUT2D eigenvalue weighted by molar-refractivity contribution is 0.112. The largest absolute Gasteiger partial charge is 0.411 e. The van der Waals surface area contributed by atoms with Gasteiger partial charge in [-0.1, -0.05) is 41.5 Å². The van der Waals surface area contributed by atoms with E-state index in [1.807, 2.05) is 6.92 Å². The monoisotopic (exact) mass is 232 g/mol. The fraction of sp³-hybridized carbons (Fsp3) is 1.00. The van der Waals surface area contributed by atoms with Crippen LogP contribution >= 0.6 is 0 Å². The molecule has 0 aliphatic rings. The van der Waals surface area contributed by atoms with Crippen LogP contribution in [0.1, 0.15) is 48.5 Å². The first-order valence-electron chi connectivity index (χ1n) is 6.07. The summed E-state index contributed by atoms with van der Waals surface area (Å²) in [5.74, 6) is 0. The summed E-state index contributed by atoms with van der Waals surface area (Å²) in [7, 11) is -1.77. The van der Waals surface area contributed by atoms with Gasteiger partial charge in [0.05, 0.1) is 12.7 Å². The molecule has 0 radical (unpaired) electrons. The van der Waals surface area contributed by atoms with E-state index in [4.69, 9.17) is 9.53 Å². The van der Waals surface area contributed by atoms with Crippen LogP contribution in [0.2, 0.25) is 16.6 Å². The van der Waals surface area contributed by atoms with E-state index in [1.54, 1.807) is 0 Å². The lowest BCUT2D eigenvalue weighted by Gasteiger charge is -2.43. The lowest BCUT2D eigenvalue weighted by Crippen LogP contribution is -2.50. The molecular formula is C12H28O2Si. The van der Waals surface area contributed by atoms with Crippen molar-refractivity contribution < 1.29 is 9.53 Å². The van der Waals surface area contributed by atoms with Crippen molar-refractivity contribution in [3.8, 4) is 0 Å². The van der Waals surface area contributed by atoms with Gasteiger partial charge in [-0.05, 0) is 23.5 Å². The zero-order chi connectivity index (χ0) is 12.2. The Morgan fingerprint density at radius 2 is 1.20 bits per heavy atom. The first kappa shape index (κ1) is 15.1. The highest BCUT2D eigenvalue weighted by atomic mass is 28.4. The van der Waals surface area contributed by atoms with Gasteiger partial charge in [-0.25, -0.2) is 0 Å². The minimum Gasteiger partial charge on any atom is -0.411 e. The number of hydrogen-bond donors (Lipinski definition) is 1. The van der Waals surface area contributed by atoms with Gasteiger partial charge in [0.1, 0.15) is 0 Å². The van der Waals surface area contributed by atoms with E-state index in [9.17, 15) is 0 Å². The lowest BCUT2D eigenvalue weighted by atomic mass is 10.5. The van der Waals surface area contributed by atoms with Crippen molar-refractivity contribution in [2.45, 2.75) is 71.2 Å². The summed E-state index contributed by atoms with van der Waals surface area (Å²) >= 11 is 0. The highest BCUT2D eigenvalue weighted by Gasteiger charge is 2.45. The molecule has 0 aliphatic carbocycles. The molecule has 0 fully saturated rings. The summed E-state index contributed by atoms with van der Waals surface area (Å²) in [6.45, 7) is 15.7. The van der Waals surface area contributed by atoms with Crippen LogP contribution in [0, 0.1) is 0 Å². The van der Waals surface area contributed by atoms with Gasteiger partial charge in [0, 0.05) is 0 Å². The summed E-state index contributed by atoms with van der Waals surface area (Å²) in [6, 6.07) is 0. The van der Waals surface area contributed by atoms with Gasteiger partial charge in [0.15, 0.2) is 0 Å². The first-order valence-corrected chi connectivity index (χ1v) is 8.21. The first-order chi connectivity index (χ1) is 6.78. The van der Waals surface area contributed by atoms with E-state index < -0.39 is 8.32 Å². The van der Waals surface area contributed by atoms with E-state index in [2.05, 4.69) is 41.5 Å². The van der Waals surface area contributed by atoms with Crippen LogP contribution in [0.5, 0.6) is 0 Å². The maximum atomic E-state index is 9.14. The van der Waals surface area contributed by atoms with Crippen LogP contribution in [0.25, 0.3) is 0 Å². The predicted molar refractivity (Wildman–Crippen MR) is 68.7 cm³/mol. The molecule has 0 aromatic carbocycles. The standard InChI is InChI=1S/C12H28O2Si/c1-9(2)15(10(3)4,11(5)6)14-12(7)8-13/h9-13H,8H2,1-7H3/t12-/m0/s1. The van der Waals surface area contributed by atoms with Gasteiger partial charge in [-0.15, -0.1) is 0 Å². The van der Waals surface area contributed by atoms with Crippen LogP contribution in [0.4, 0.5) is 0 Å². The maximum Gasteiger partial charge on any atom is 0.200 e. The van der Waals surface area contributed by atoms with E-state index in [1.165, 1.54) is 0 Å². The quantitative estimate of drug-likeness (QED) is 0.710. The zero-order valence-corrected chi connectivity index (χ0v) is 12.4. The Kier molecular flexibility index (Phi) is 6.07. The summed E-state index contributed by atoms with van der Waals surface area (Å²) in [4.78, 5) is 0. The third kappa shape index (κ3) is 3.30. The van der Waals surface area contributed by atoms with E-state index >= 15 is 0 Å². The maximum absolute atomic E-state index is 9.14. The Hall–Kier alpha value is 0.137. The average Bonchev–Trinajstić information content (AvgIpc) is 2.11. The summed E-state index contributed by atoms with van der Waals surface area (Å²) in [5.41, 5.74) is 1.77. The smallest absolute Gasteiger partial charge is 0.200 e. The van der Waals surface area contributed by atoms with E-state index in [0.29, 0.717) is 16.6 Å². The minimum atomic E-state index is -1.77. The summed E-state index contributed by atoms with van der Waals surface area (Å²) < 4.78 is 6.26. The Morgan fingerprint density at radius 3 is 1.40 bits per heavy atom. The molecule has 0 saturated carbocycles. The predicted octanol–water partition coefficient (Wildman–Crippen LogP) is 3.56. The highest BCUT2D eigenvalue weighted by molar-refractivity contribution is 6.77. The normalized spacial score (nSPS) is 15.4. The molecule has 92 valence electrons. The summed E-state index contributed by atoms with van der Waals surface area (Å²) in [6.07, 6.45) is -0.0242. The Morgan fingerprint density at radius 1 is 0.867 bits per heavy atom. The molecule has 2 nitrogen and oxygen atoms in total. The molecule has 1 atom stereocenters. The van der Waals surface area contributed by atoms with Crippen molar-refractivity contribution in [3.05, 3.63) is 0 Å². The second kappa shape index (κ2) is 6.02. The number of rotatable bonds is 6. The topological polar surface area (TPSA) is 29.5 Å². The molecule has 0 aliphatic heterocycles. The van der Waals surface area contributed by atoms with E-state index in [0.717, 1.165) is 0 Å². The number of aliphatic hydroxyl groups is 1. The minimum absolute atomic E-state index is 0.0242. The molecule has 0 spiro atoms. The van der Waals surface area contributed by atoms with Crippen LogP contribution < -0.4 is 0 Å². The molecule has 0 unspecified atom stereocenters.